The monoisotopic (exact) mass is 418 g/mol. The molecule has 2 aliphatic heterocycles. The average molecular weight is 419 g/mol. The molecule has 0 aromatic heterocycles. The molecule has 0 unspecified atom stereocenters. The van der Waals surface area contributed by atoms with Crippen LogP contribution in [0.2, 0.25) is 10.0 Å². The molecular weight excluding hydrogens is 398 g/mol. The van der Waals surface area contributed by atoms with E-state index in [9.17, 15) is 9.18 Å². The number of carbonyl (C=O) groups is 1. The second-order valence-electron chi connectivity index (χ2n) is 7.44. The highest BCUT2D eigenvalue weighted by Crippen LogP contribution is 2.52. The van der Waals surface area contributed by atoms with Crippen molar-refractivity contribution in [1.82, 2.24) is 5.32 Å². The number of fused-ring (bicyclic) bond motifs is 2. The number of hydrogen-bond acceptors (Lipinski definition) is 2. The van der Waals surface area contributed by atoms with Crippen LogP contribution in [0.4, 0.5) is 10.1 Å². The lowest BCUT2D eigenvalue weighted by atomic mass is 9.69. The van der Waals surface area contributed by atoms with Gasteiger partial charge >= 0.3 is 0 Å². The molecule has 28 heavy (non-hydrogen) atoms. The molecule has 2 aliphatic rings. The first-order valence-corrected chi connectivity index (χ1v) is 10.1. The van der Waals surface area contributed by atoms with Crippen LogP contribution in [-0.2, 0) is 5.41 Å². The Morgan fingerprint density at radius 1 is 1.21 bits per heavy atom. The van der Waals surface area contributed by atoms with Crippen molar-refractivity contribution < 1.29 is 9.18 Å². The van der Waals surface area contributed by atoms with Crippen LogP contribution >= 0.6 is 23.2 Å². The number of amides is 1. The summed E-state index contributed by atoms with van der Waals surface area (Å²) in [6.45, 7) is 5.56. The molecule has 3 nitrogen and oxygen atoms in total. The van der Waals surface area contributed by atoms with E-state index >= 15 is 0 Å². The fourth-order valence-electron chi connectivity index (χ4n) is 4.74. The Kier molecular flexibility index (Phi) is 5.21. The van der Waals surface area contributed by atoms with Crippen molar-refractivity contribution in [3.8, 4) is 0 Å². The molecule has 1 fully saturated rings. The van der Waals surface area contributed by atoms with Gasteiger partial charge < -0.3 is 10.2 Å². The van der Waals surface area contributed by atoms with Crippen LogP contribution in [0.5, 0.6) is 0 Å². The summed E-state index contributed by atoms with van der Waals surface area (Å²) in [7, 11) is 0. The second kappa shape index (κ2) is 7.51. The lowest BCUT2D eigenvalue weighted by Crippen LogP contribution is -2.51. The van der Waals surface area contributed by atoms with Crippen molar-refractivity contribution in [2.75, 3.05) is 18.0 Å². The molecular formula is C22H21Cl2FN2O. The average Bonchev–Trinajstić information content (AvgIpc) is 2.91. The minimum absolute atomic E-state index is 0.130. The van der Waals surface area contributed by atoms with Crippen molar-refractivity contribution in [3.05, 3.63) is 76.0 Å². The van der Waals surface area contributed by atoms with Gasteiger partial charge in [-0.1, -0.05) is 29.3 Å². The molecule has 2 aromatic rings. The maximum Gasteiger partial charge on any atom is 0.258 e. The quantitative estimate of drug-likeness (QED) is 0.680. The summed E-state index contributed by atoms with van der Waals surface area (Å²) in [6.07, 6.45) is 4.13. The van der Waals surface area contributed by atoms with Crippen molar-refractivity contribution in [3.63, 3.8) is 0 Å². The standard InChI is InChI=1S/C22H21Cl2FN2O/c1-2-3-20-22(6-8-26-9-7-22)18-13-17(25)4-5-19(18)27(20)21(28)14-10-15(23)12-16(24)11-14/h2,4-5,10-13,20,26H,1,3,6-9H2/t20-/m1/s1. The Balaban J connectivity index is 1.88. The lowest BCUT2D eigenvalue weighted by Gasteiger charge is -2.41. The summed E-state index contributed by atoms with van der Waals surface area (Å²) >= 11 is 12.3. The van der Waals surface area contributed by atoms with Gasteiger partial charge in [0.2, 0.25) is 0 Å². The number of anilines is 1. The van der Waals surface area contributed by atoms with Crippen LogP contribution in [-0.4, -0.2) is 25.0 Å². The van der Waals surface area contributed by atoms with Crippen LogP contribution in [0, 0.1) is 5.82 Å². The molecule has 0 saturated carbocycles. The molecule has 2 aromatic carbocycles. The van der Waals surface area contributed by atoms with Crippen LogP contribution in [0.25, 0.3) is 0 Å². The van der Waals surface area contributed by atoms with Crippen LogP contribution < -0.4 is 10.2 Å². The number of piperidine rings is 1. The summed E-state index contributed by atoms with van der Waals surface area (Å²) in [5.74, 6) is -0.464. The number of nitrogens with one attached hydrogen (secondary N) is 1. The van der Waals surface area contributed by atoms with Gasteiger partial charge in [0, 0.05) is 26.7 Å². The fraction of sp³-hybridized carbons (Fsp3) is 0.318. The number of halogens is 3. The van der Waals surface area contributed by atoms with Gasteiger partial charge in [0.1, 0.15) is 5.82 Å². The zero-order chi connectivity index (χ0) is 19.9. The first-order chi connectivity index (χ1) is 13.5. The molecule has 146 valence electrons. The van der Waals surface area contributed by atoms with E-state index in [1.54, 1.807) is 35.2 Å². The molecule has 1 saturated heterocycles. The summed E-state index contributed by atoms with van der Waals surface area (Å²) in [4.78, 5) is 15.4. The van der Waals surface area contributed by atoms with E-state index in [1.165, 1.54) is 6.07 Å². The van der Waals surface area contributed by atoms with Crippen molar-refractivity contribution in [1.29, 1.82) is 0 Å². The third kappa shape index (κ3) is 3.14. The van der Waals surface area contributed by atoms with E-state index in [1.807, 2.05) is 6.08 Å². The van der Waals surface area contributed by atoms with Gasteiger partial charge in [-0.3, -0.25) is 4.79 Å². The molecule has 4 rings (SSSR count). The first-order valence-electron chi connectivity index (χ1n) is 9.37. The molecule has 0 bridgehead atoms. The molecule has 1 amide bonds. The van der Waals surface area contributed by atoms with E-state index in [4.69, 9.17) is 23.2 Å². The highest BCUT2D eigenvalue weighted by molar-refractivity contribution is 6.35. The molecule has 6 heteroatoms. The summed E-state index contributed by atoms with van der Waals surface area (Å²) in [6, 6.07) is 9.43. The Bertz CT molecular complexity index is 920. The number of nitrogens with zero attached hydrogens (tertiary/aromatic N) is 1. The number of rotatable bonds is 3. The minimum Gasteiger partial charge on any atom is -0.317 e. The van der Waals surface area contributed by atoms with Gasteiger partial charge in [0.25, 0.3) is 5.91 Å². The number of benzene rings is 2. The largest absolute Gasteiger partial charge is 0.317 e. The second-order valence-corrected chi connectivity index (χ2v) is 8.31. The number of carbonyl (C=O) groups excluding carboxylic acids is 1. The molecule has 2 heterocycles. The summed E-state index contributed by atoms with van der Waals surface area (Å²) in [5.41, 5.74) is 1.79. The highest BCUT2D eigenvalue weighted by atomic mass is 35.5. The molecule has 1 N–H and O–H groups in total. The smallest absolute Gasteiger partial charge is 0.258 e. The van der Waals surface area contributed by atoms with Crippen LogP contribution in [0.15, 0.2) is 49.1 Å². The fourth-order valence-corrected chi connectivity index (χ4v) is 5.27. The van der Waals surface area contributed by atoms with E-state index in [2.05, 4.69) is 11.9 Å². The maximum atomic E-state index is 14.2. The van der Waals surface area contributed by atoms with E-state index in [-0.39, 0.29) is 23.2 Å². The Hall–Kier alpha value is -1.88. The van der Waals surface area contributed by atoms with Crippen molar-refractivity contribution in [2.45, 2.75) is 30.7 Å². The molecule has 0 aliphatic carbocycles. The Morgan fingerprint density at radius 2 is 1.89 bits per heavy atom. The SMILES string of the molecule is C=CC[C@H]1N(C(=O)c2cc(Cl)cc(Cl)c2)c2ccc(F)cc2C12CCNCC2. The molecule has 1 spiro atoms. The van der Waals surface area contributed by atoms with Gasteiger partial charge in [0.15, 0.2) is 0 Å². The normalized spacial score (nSPS) is 20.2. The van der Waals surface area contributed by atoms with Gasteiger partial charge in [-0.25, -0.2) is 4.39 Å². The van der Waals surface area contributed by atoms with Gasteiger partial charge in [-0.2, -0.15) is 0 Å². The van der Waals surface area contributed by atoms with Crippen molar-refractivity contribution in [2.24, 2.45) is 0 Å². The zero-order valence-corrected chi connectivity index (χ0v) is 16.9. The minimum atomic E-state index is -0.297. The third-order valence-electron chi connectivity index (χ3n) is 5.92. The van der Waals surface area contributed by atoms with Crippen LogP contribution in [0.3, 0.4) is 0 Å². The van der Waals surface area contributed by atoms with Crippen LogP contribution in [0.1, 0.15) is 35.2 Å². The zero-order valence-electron chi connectivity index (χ0n) is 15.4. The summed E-state index contributed by atoms with van der Waals surface area (Å²) in [5, 5.41) is 4.19. The van der Waals surface area contributed by atoms with E-state index < -0.39 is 0 Å². The van der Waals surface area contributed by atoms with Gasteiger partial charge in [0.05, 0.1) is 6.04 Å². The molecule has 1 atom stereocenters. The topological polar surface area (TPSA) is 32.3 Å². The van der Waals surface area contributed by atoms with Gasteiger partial charge in [-0.05, 0) is 74.3 Å². The maximum absolute atomic E-state index is 14.2. The highest BCUT2D eigenvalue weighted by Gasteiger charge is 2.52. The summed E-state index contributed by atoms with van der Waals surface area (Å²) < 4.78 is 14.2. The molecule has 0 radical (unpaired) electrons. The van der Waals surface area contributed by atoms with Crippen molar-refractivity contribution >= 4 is 34.8 Å². The third-order valence-corrected chi connectivity index (χ3v) is 6.35. The van der Waals surface area contributed by atoms with E-state index in [0.29, 0.717) is 22.0 Å². The predicted octanol–water partition coefficient (Wildman–Crippen LogP) is 5.36. The predicted molar refractivity (Wildman–Crippen MR) is 112 cm³/mol. The van der Waals surface area contributed by atoms with E-state index in [0.717, 1.165) is 37.2 Å². The number of hydrogen-bond donors (Lipinski definition) is 1. The van der Waals surface area contributed by atoms with Gasteiger partial charge in [-0.15, -0.1) is 6.58 Å². The Labute approximate surface area is 174 Å². The first kappa shape index (κ1) is 19.4. The Morgan fingerprint density at radius 3 is 2.54 bits per heavy atom. The lowest BCUT2D eigenvalue weighted by molar-refractivity contribution is 0.0964.